The van der Waals surface area contributed by atoms with Gasteiger partial charge in [-0.05, 0) is 28.7 Å². The number of nitrogens with one attached hydrogen (secondary N) is 1. The minimum absolute atomic E-state index is 0.00863. The molecule has 0 spiro atoms. The van der Waals surface area contributed by atoms with E-state index in [2.05, 4.69) is 5.32 Å². The molecule has 0 radical (unpaired) electrons. The number of rotatable bonds is 4. The monoisotopic (exact) mass is 299 g/mol. The summed E-state index contributed by atoms with van der Waals surface area (Å²) in [6.45, 7) is 6.09. The number of hydrogen-bond donors (Lipinski definition) is 1. The van der Waals surface area contributed by atoms with Crippen molar-refractivity contribution in [3.05, 3.63) is 71.5 Å². The van der Waals surface area contributed by atoms with Crippen molar-refractivity contribution in [1.82, 2.24) is 5.32 Å². The zero-order valence-electron chi connectivity index (χ0n) is 13.3. The fourth-order valence-electron chi connectivity index (χ4n) is 2.35. The van der Waals surface area contributed by atoms with Crippen LogP contribution in [0.4, 0.5) is 4.39 Å². The lowest BCUT2D eigenvalue weighted by atomic mass is 9.91. The normalized spacial score (nSPS) is 12.7. The lowest BCUT2D eigenvalue weighted by Crippen LogP contribution is -2.32. The lowest BCUT2D eigenvalue weighted by Gasteiger charge is -2.23. The standard InChI is InChI=1S/C19H22FNO/c1-19(2,3)13-17(22)21-18(14-7-5-4-6-8-14)15-9-11-16(20)12-10-15/h4-12,18H,13H2,1-3H3,(H,21,22). The van der Waals surface area contributed by atoms with Gasteiger partial charge in [0.05, 0.1) is 6.04 Å². The van der Waals surface area contributed by atoms with Gasteiger partial charge in [-0.3, -0.25) is 4.79 Å². The van der Waals surface area contributed by atoms with E-state index in [-0.39, 0.29) is 23.2 Å². The molecule has 0 saturated heterocycles. The van der Waals surface area contributed by atoms with Crippen LogP contribution in [0.1, 0.15) is 44.4 Å². The fraction of sp³-hybridized carbons (Fsp3) is 0.316. The molecule has 2 nitrogen and oxygen atoms in total. The maximum Gasteiger partial charge on any atom is 0.221 e. The molecule has 2 aromatic rings. The first-order chi connectivity index (χ1) is 10.3. The Morgan fingerprint density at radius 2 is 1.55 bits per heavy atom. The van der Waals surface area contributed by atoms with Crippen molar-refractivity contribution in [1.29, 1.82) is 0 Å². The maximum atomic E-state index is 13.2. The fourth-order valence-corrected chi connectivity index (χ4v) is 2.35. The van der Waals surface area contributed by atoms with Gasteiger partial charge in [0.25, 0.3) is 0 Å². The van der Waals surface area contributed by atoms with Gasteiger partial charge in [-0.15, -0.1) is 0 Å². The molecule has 1 unspecified atom stereocenters. The highest BCUT2D eigenvalue weighted by molar-refractivity contribution is 5.77. The third-order valence-corrected chi connectivity index (χ3v) is 3.33. The summed E-state index contributed by atoms with van der Waals surface area (Å²) in [5.74, 6) is -0.290. The van der Waals surface area contributed by atoms with Crippen LogP contribution in [0.2, 0.25) is 0 Å². The van der Waals surface area contributed by atoms with Crippen molar-refractivity contribution >= 4 is 5.91 Å². The molecular formula is C19H22FNO. The summed E-state index contributed by atoms with van der Waals surface area (Å²) in [5.41, 5.74) is 1.78. The van der Waals surface area contributed by atoms with Gasteiger partial charge in [0.2, 0.25) is 5.91 Å². The van der Waals surface area contributed by atoms with Crippen LogP contribution < -0.4 is 5.32 Å². The van der Waals surface area contributed by atoms with Crippen LogP contribution in [0.3, 0.4) is 0 Å². The Balaban J connectivity index is 2.26. The van der Waals surface area contributed by atoms with Gasteiger partial charge < -0.3 is 5.32 Å². The van der Waals surface area contributed by atoms with Crippen LogP contribution in [0.15, 0.2) is 54.6 Å². The molecule has 2 aromatic carbocycles. The first kappa shape index (κ1) is 16.2. The molecule has 0 aliphatic rings. The number of benzene rings is 2. The van der Waals surface area contributed by atoms with Crippen LogP contribution >= 0.6 is 0 Å². The van der Waals surface area contributed by atoms with Gasteiger partial charge in [0.15, 0.2) is 0 Å². The highest BCUT2D eigenvalue weighted by Crippen LogP contribution is 2.24. The highest BCUT2D eigenvalue weighted by Gasteiger charge is 2.21. The SMILES string of the molecule is CC(C)(C)CC(=O)NC(c1ccccc1)c1ccc(F)cc1. The van der Waals surface area contributed by atoms with Crippen molar-refractivity contribution in [2.45, 2.75) is 33.2 Å². The Kier molecular flexibility index (Phi) is 4.96. The summed E-state index contributed by atoms with van der Waals surface area (Å²) >= 11 is 0. The van der Waals surface area contributed by atoms with Gasteiger partial charge >= 0.3 is 0 Å². The second kappa shape index (κ2) is 6.73. The average molecular weight is 299 g/mol. The molecule has 3 heteroatoms. The van der Waals surface area contributed by atoms with Crippen molar-refractivity contribution in [2.75, 3.05) is 0 Å². The molecule has 0 saturated carbocycles. The molecule has 1 N–H and O–H groups in total. The van der Waals surface area contributed by atoms with Gasteiger partial charge in [0, 0.05) is 6.42 Å². The van der Waals surface area contributed by atoms with Gasteiger partial charge in [-0.2, -0.15) is 0 Å². The predicted molar refractivity (Wildman–Crippen MR) is 86.9 cm³/mol. The molecule has 0 fully saturated rings. The van der Waals surface area contributed by atoms with E-state index in [1.54, 1.807) is 12.1 Å². The summed E-state index contributed by atoms with van der Waals surface area (Å²) in [5, 5.41) is 3.06. The van der Waals surface area contributed by atoms with Crippen LogP contribution in [0.5, 0.6) is 0 Å². The summed E-state index contributed by atoms with van der Waals surface area (Å²) in [6.07, 6.45) is 0.442. The van der Waals surface area contributed by atoms with E-state index in [0.717, 1.165) is 11.1 Å². The van der Waals surface area contributed by atoms with E-state index in [9.17, 15) is 9.18 Å². The van der Waals surface area contributed by atoms with E-state index in [4.69, 9.17) is 0 Å². The maximum absolute atomic E-state index is 13.2. The van der Waals surface area contributed by atoms with Crippen molar-refractivity contribution < 1.29 is 9.18 Å². The van der Waals surface area contributed by atoms with Gasteiger partial charge in [0.1, 0.15) is 5.82 Å². The first-order valence-electron chi connectivity index (χ1n) is 7.45. The molecule has 1 amide bonds. The van der Waals surface area contributed by atoms with Crippen LogP contribution in [-0.2, 0) is 4.79 Å². The molecule has 0 bridgehead atoms. The average Bonchev–Trinajstić information content (AvgIpc) is 2.45. The Labute approximate surface area is 131 Å². The second-order valence-corrected chi connectivity index (χ2v) is 6.70. The molecule has 2 rings (SSSR count). The molecule has 1 atom stereocenters. The number of hydrogen-bond acceptors (Lipinski definition) is 1. The van der Waals surface area contributed by atoms with E-state index >= 15 is 0 Å². The molecule has 116 valence electrons. The van der Waals surface area contributed by atoms with E-state index in [0.29, 0.717) is 6.42 Å². The topological polar surface area (TPSA) is 29.1 Å². The summed E-state index contributed by atoms with van der Waals surface area (Å²) < 4.78 is 13.2. The molecular weight excluding hydrogens is 277 g/mol. The minimum Gasteiger partial charge on any atom is -0.345 e. The van der Waals surface area contributed by atoms with E-state index in [1.807, 2.05) is 51.1 Å². The second-order valence-electron chi connectivity index (χ2n) is 6.70. The summed E-state index contributed by atoms with van der Waals surface area (Å²) in [6, 6.07) is 15.7. The van der Waals surface area contributed by atoms with E-state index in [1.165, 1.54) is 12.1 Å². The van der Waals surface area contributed by atoms with Gasteiger partial charge in [-0.1, -0.05) is 63.2 Å². The van der Waals surface area contributed by atoms with Crippen LogP contribution in [0.25, 0.3) is 0 Å². The van der Waals surface area contributed by atoms with Crippen molar-refractivity contribution in [3.63, 3.8) is 0 Å². The predicted octanol–water partition coefficient (Wildman–Crippen LogP) is 4.47. The third kappa shape index (κ3) is 4.69. The Morgan fingerprint density at radius 1 is 1.00 bits per heavy atom. The Bertz CT molecular complexity index is 614. The first-order valence-corrected chi connectivity index (χ1v) is 7.45. The van der Waals surface area contributed by atoms with Crippen molar-refractivity contribution in [2.24, 2.45) is 5.41 Å². The Hall–Kier alpha value is -2.16. The third-order valence-electron chi connectivity index (χ3n) is 3.33. The molecule has 0 heterocycles. The number of carbonyl (C=O) groups excluding carboxylic acids is 1. The molecule has 0 aliphatic carbocycles. The van der Waals surface area contributed by atoms with Crippen LogP contribution in [0, 0.1) is 11.2 Å². The smallest absolute Gasteiger partial charge is 0.221 e. The lowest BCUT2D eigenvalue weighted by molar-refractivity contribution is -0.123. The van der Waals surface area contributed by atoms with E-state index < -0.39 is 0 Å². The number of amides is 1. The minimum atomic E-state index is -0.281. The quantitative estimate of drug-likeness (QED) is 0.887. The Morgan fingerprint density at radius 3 is 2.09 bits per heavy atom. The number of halogens is 1. The molecule has 22 heavy (non-hydrogen) atoms. The highest BCUT2D eigenvalue weighted by atomic mass is 19.1. The van der Waals surface area contributed by atoms with Crippen LogP contribution in [-0.4, -0.2) is 5.91 Å². The van der Waals surface area contributed by atoms with Gasteiger partial charge in [-0.25, -0.2) is 4.39 Å². The molecule has 0 aromatic heterocycles. The zero-order chi connectivity index (χ0) is 16.2. The number of carbonyl (C=O) groups is 1. The zero-order valence-corrected chi connectivity index (χ0v) is 13.3. The summed E-state index contributed by atoms with van der Waals surface area (Å²) in [4.78, 5) is 12.3. The summed E-state index contributed by atoms with van der Waals surface area (Å²) in [7, 11) is 0. The molecule has 0 aliphatic heterocycles. The van der Waals surface area contributed by atoms with Crippen molar-refractivity contribution in [3.8, 4) is 0 Å². The largest absolute Gasteiger partial charge is 0.345 e.